The van der Waals surface area contributed by atoms with E-state index in [1.54, 1.807) is 6.92 Å². The van der Waals surface area contributed by atoms with E-state index in [9.17, 15) is 14.4 Å². The standard InChI is InChI=1S/C30H34N2O5/c1-21-25(28(35)30(37-3)29(36-2)27(21)34)19-23-11-9-22(10-12-23)13-14-26(33)32-17-15-31(16-18-32)20-24-7-5-4-6-8-24/h4-12H,13-20H2,1-3H3. The summed E-state index contributed by atoms with van der Waals surface area (Å²) in [5.41, 5.74) is 4.07. The van der Waals surface area contributed by atoms with Crippen LogP contribution in [0.5, 0.6) is 0 Å². The number of piperazine rings is 1. The molecule has 0 spiro atoms. The van der Waals surface area contributed by atoms with Crippen molar-refractivity contribution in [2.45, 2.75) is 32.7 Å². The van der Waals surface area contributed by atoms with Crippen molar-refractivity contribution in [1.29, 1.82) is 0 Å². The number of carbonyl (C=O) groups is 3. The monoisotopic (exact) mass is 502 g/mol. The molecule has 1 heterocycles. The van der Waals surface area contributed by atoms with Crippen LogP contribution in [0.1, 0.15) is 30.0 Å². The van der Waals surface area contributed by atoms with Crippen molar-refractivity contribution in [2.24, 2.45) is 0 Å². The van der Waals surface area contributed by atoms with Crippen molar-refractivity contribution in [1.82, 2.24) is 9.80 Å². The number of nitrogens with zero attached hydrogens (tertiary/aromatic N) is 2. The Bertz CT molecular complexity index is 1210. The average molecular weight is 503 g/mol. The predicted molar refractivity (Wildman–Crippen MR) is 141 cm³/mol. The van der Waals surface area contributed by atoms with Crippen LogP contribution >= 0.6 is 0 Å². The topological polar surface area (TPSA) is 76.2 Å². The maximum absolute atomic E-state index is 12.9. The maximum Gasteiger partial charge on any atom is 0.228 e. The molecule has 2 aromatic rings. The second-order valence-electron chi connectivity index (χ2n) is 9.46. The van der Waals surface area contributed by atoms with Gasteiger partial charge in [-0.2, -0.15) is 0 Å². The van der Waals surface area contributed by atoms with Gasteiger partial charge in [-0.15, -0.1) is 0 Å². The summed E-state index contributed by atoms with van der Waals surface area (Å²) >= 11 is 0. The number of ether oxygens (including phenoxy) is 2. The van der Waals surface area contributed by atoms with Gasteiger partial charge in [0, 0.05) is 56.7 Å². The Labute approximate surface area is 218 Å². The third-order valence-corrected chi connectivity index (χ3v) is 7.10. The quantitative estimate of drug-likeness (QED) is 0.489. The number of methoxy groups -OCH3 is 2. The van der Waals surface area contributed by atoms with E-state index >= 15 is 0 Å². The van der Waals surface area contributed by atoms with E-state index in [0.717, 1.165) is 43.9 Å². The molecule has 7 nitrogen and oxygen atoms in total. The second-order valence-corrected chi connectivity index (χ2v) is 9.46. The van der Waals surface area contributed by atoms with E-state index in [-0.39, 0.29) is 29.0 Å². The first-order chi connectivity index (χ1) is 17.9. The van der Waals surface area contributed by atoms with Crippen LogP contribution in [0.4, 0.5) is 0 Å². The highest BCUT2D eigenvalue weighted by Crippen LogP contribution is 2.28. The van der Waals surface area contributed by atoms with Crippen molar-refractivity contribution in [2.75, 3.05) is 40.4 Å². The molecule has 4 rings (SSSR count). The molecule has 2 aliphatic rings. The summed E-state index contributed by atoms with van der Waals surface area (Å²) in [7, 11) is 2.71. The normalized spacial score (nSPS) is 16.9. The SMILES string of the molecule is COC1=C(OC)C(=O)C(Cc2ccc(CCC(=O)N3CCN(Cc4ccccc4)CC3)cc2)=C(C)C1=O. The van der Waals surface area contributed by atoms with Crippen LogP contribution in [0.2, 0.25) is 0 Å². The number of amides is 1. The van der Waals surface area contributed by atoms with Gasteiger partial charge in [0.25, 0.3) is 0 Å². The molecule has 2 aromatic carbocycles. The minimum atomic E-state index is -0.329. The molecule has 0 aromatic heterocycles. The minimum Gasteiger partial charge on any atom is -0.489 e. The van der Waals surface area contributed by atoms with Crippen molar-refractivity contribution >= 4 is 17.5 Å². The fourth-order valence-corrected chi connectivity index (χ4v) is 4.84. The smallest absolute Gasteiger partial charge is 0.228 e. The van der Waals surface area contributed by atoms with Crippen molar-refractivity contribution in [3.05, 3.63) is 94.0 Å². The second kappa shape index (κ2) is 12.0. The third-order valence-electron chi connectivity index (χ3n) is 7.10. The summed E-state index contributed by atoms with van der Waals surface area (Å²) in [6.45, 7) is 5.85. The van der Waals surface area contributed by atoms with Gasteiger partial charge in [0.05, 0.1) is 14.2 Å². The van der Waals surface area contributed by atoms with Crippen LogP contribution in [0.3, 0.4) is 0 Å². The summed E-state index contributed by atoms with van der Waals surface area (Å²) in [6.07, 6.45) is 1.46. The number of aryl methyl sites for hydroxylation is 1. The number of hydrogen-bond donors (Lipinski definition) is 0. The fourth-order valence-electron chi connectivity index (χ4n) is 4.84. The molecule has 0 radical (unpaired) electrons. The van der Waals surface area contributed by atoms with E-state index in [2.05, 4.69) is 29.2 Å². The van der Waals surface area contributed by atoms with Gasteiger partial charge in [-0.05, 0) is 30.0 Å². The maximum atomic E-state index is 12.9. The summed E-state index contributed by atoms with van der Waals surface area (Å²) in [6, 6.07) is 18.3. The third kappa shape index (κ3) is 6.17. The number of ketones is 2. The Morgan fingerprint density at radius 3 is 2.00 bits per heavy atom. The zero-order chi connectivity index (χ0) is 26.4. The molecule has 0 unspecified atom stereocenters. The lowest BCUT2D eigenvalue weighted by Crippen LogP contribution is -2.48. The van der Waals surface area contributed by atoms with Gasteiger partial charge >= 0.3 is 0 Å². The van der Waals surface area contributed by atoms with E-state index < -0.39 is 0 Å². The Morgan fingerprint density at radius 1 is 0.784 bits per heavy atom. The largest absolute Gasteiger partial charge is 0.489 e. The Balaban J connectivity index is 1.27. The number of allylic oxidation sites excluding steroid dienone is 2. The van der Waals surface area contributed by atoms with Crippen LogP contribution in [-0.2, 0) is 43.2 Å². The Hall–Kier alpha value is -3.71. The zero-order valence-electron chi connectivity index (χ0n) is 21.8. The summed E-state index contributed by atoms with van der Waals surface area (Å²) < 4.78 is 10.3. The number of hydrogen-bond acceptors (Lipinski definition) is 6. The van der Waals surface area contributed by atoms with Gasteiger partial charge in [0.1, 0.15) is 0 Å². The van der Waals surface area contributed by atoms with Crippen LogP contribution < -0.4 is 0 Å². The van der Waals surface area contributed by atoms with E-state index in [1.165, 1.54) is 19.8 Å². The lowest BCUT2D eigenvalue weighted by atomic mass is 9.88. The molecule has 1 fully saturated rings. The van der Waals surface area contributed by atoms with E-state index in [0.29, 0.717) is 30.4 Å². The Morgan fingerprint density at radius 2 is 1.38 bits per heavy atom. The number of Topliss-reactive ketones (excluding diaryl/α,β-unsaturated/α-hetero) is 2. The van der Waals surface area contributed by atoms with Crippen molar-refractivity contribution in [3.63, 3.8) is 0 Å². The lowest BCUT2D eigenvalue weighted by Gasteiger charge is -2.34. The Kier molecular flexibility index (Phi) is 8.56. The molecule has 194 valence electrons. The molecule has 0 bridgehead atoms. The molecule has 7 heteroatoms. The fraction of sp³-hybridized carbons (Fsp3) is 0.367. The van der Waals surface area contributed by atoms with Gasteiger partial charge in [0.2, 0.25) is 29.0 Å². The van der Waals surface area contributed by atoms with Gasteiger partial charge in [-0.25, -0.2) is 0 Å². The molecule has 0 atom stereocenters. The molecular weight excluding hydrogens is 468 g/mol. The molecule has 0 saturated carbocycles. The molecule has 1 aliphatic carbocycles. The lowest BCUT2D eigenvalue weighted by molar-refractivity contribution is -0.133. The van der Waals surface area contributed by atoms with Crippen LogP contribution in [0.25, 0.3) is 0 Å². The first kappa shape index (κ1) is 26.4. The van der Waals surface area contributed by atoms with Crippen LogP contribution in [-0.4, -0.2) is 67.7 Å². The predicted octanol–water partition coefficient (Wildman–Crippen LogP) is 3.48. The number of rotatable bonds is 9. The molecule has 1 saturated heterocycles. The molecule has 1 amide bonds. The average Bonchev–Trinajstić information content (AvgIpc) is 2.93. The number of benzene rings is 2. The van der Waals surface area contributed by atoms with Crippen molar-refractivity contribution < 1.29 is 23.9 Å². The van der Waals surface area contributed by atoms with Gasteiger partial charge in [-0.1, -0.05) is 54.6 Å². The van der Waals surface area contributed by atoms with E-state index in [1.807, 2.05) is 35.2 Å². The molecular formula is C30H34N2O5. The van der Waals surface area contributed by atoms with E-state index in [4.69, 9.17) is 9.47 Å². The first-order valence-corrected chi connectivity index (χ1v) is 12.6. The number of carbonyl (C=O) groups excluding carboxylic acids is 3. The van der Waals surface area contributed by atoms with Gasteiger partial charge in [-0.3, -0.25) is 19.3 Å². The van der Waals surface area contributed by atoms with Crippen LogP contribution in [0, 0.1) is 0 Å². The van der Waals surface area contributed by atoms with Gasteiger partial charge in [0.15, 0.2) is 0 Å². The molecule has 1 aliphatic heterocycles. The highest BCUT2D eigenvalue weighted by atomic mass is 16.5. The highest BCUT2D eigenvalue weighted by molar-refractivity contribution is 6.23. The first-order valence-electron chi connectivity index (χ1n) is 12.6. The van der Waals surface area contributed by atoms with Gasteiger partial charge < -0.3 is 14.4 Å². The molecule has 0 N–H and O–H groups in total. The zero-order valence-corrected chi connectivity index (χ0v) is 21.8. The minimum absolute atomic E-state index is 0.0497. The van der Waals surface area contributed by atoms with Crippen LogP contribution in [0.15, 0.2) is 77.3 Å². The summed E-state index contributed by atoms with van der Waals surface area (Å²) in [4.78, 5) is 42.6. The summed E-state index contributed by atoms with van der Waals surface area (Å²) in [5, 5.41) is 0. The molecule has 37 heavy (non-hydrogen) atoms. The summed E-state index contributed by atoms with van der Waals surface area (Å²) in [5.74, 6) is -0.571. The highest BCUT2D eigenvalue weighted by Gasteiger charge is 2.34. The van der Waals surface area contributed by atoms with Crippen molar-refractivity contribution in [3.8, 4) is 0 Å².